The molecular weight excluding hydrogens is 333 g/mol. The van der Waals surface area contributed by atoms with Gasteiger partial charge >= 0.3 is 0 Å². The van der Waals surface area contributed by atoms with Crippen molar-refractivity contribution in [3.05, 3.63) is 69.9 Å². The second-order valence-electron chi connectivity index (χ2n) is 4.85. The van der Waals surface area contributed by atoms with Gasteiger partial charge in [-0.25, -0.2) is 4.39 Å². The number of benzene rings is 2. The Balaban J connectivity index is 2.04. The van der Waals surface area contributed by atoms with Crippen molar-refractivity contribution >= 4 is 21.8 Å². The highest BCUT2D eigenvalue weighted by Crippen LogP contribution is 2.19. The first-order chi connectivity index (χ1) is 10.1. The lowest BCUT2D eigenvalue weighted by Gasteiger charge is -2.16. The molecule has 1 unspecified atom stereocenters. The summed E-state index contributed by atoms with van der Waals surface area (Å²) in [5.74, 6) is -0.669. The molecule has 2 aromatic carbocycles. The van der Waals surface area contributed by atoms with Gasteiger partial charge in [-0.05, 0) is 30.2 Å². The Kier molecular flexibility index (Phi) is 5.51. The van der Waals surface area contributed by atoms with Gasteiger partial charge in [0.1, 0.15) is 5.82 Å². The molecule has 0 spiro atoms. The van der Waals surface area contributed by atoms with Gasteiger partial charge in [-0.3, -0.25) is 4.79 Å². The average molecular weight is 350 g/mol. The summed E-state index contributed by atoms with van der Waals surface area (Å²) in [5, 5.41) is 2.82. The minimum Gasteiger partial charge on any atom is -0.351 e. The Hall–Kier alpha value is -1.68. The van der Waals surface area contributed by atoms with Gasteiger partial charge in [0.15, 0.2) is 0 Å². The quantitative estimate of drug-likeness (QED) is 0.845. The Labute approximate surface area is 132 Å². The summed E-state index contributed by atoms with van der Waals surface area (Å²) >= 11 is 3.25. The fraction of sp³-hybridized carbons (Fsp3) is 0.235. The van der Waals surface area contributed by atoms with Crippen molar-refractivity contribution in [1.29, 1.82) is 0 Å². The van der Waals surface area contributed by atoms with E-state index in [1.807, 2.05) is 30.3 Å². The monoisotopic (exact) mass is 349 g/mol. The van der Waals surface area contributed by atoms with E-state index in [2.05, 4.69) is 28.2 Å². The predicted molar refractivity (Wildman–Crippen MR) is 85.9 cm³/mol. The average Bonchev–Trinajstić information content (AvgIpc) is 2.51. The molecule has 1 amide bonds. The molecule has 2 aromatic rings. The third kappa shape index (κ3) is 4.14. The standard InChI is InChI=1S/C17H17BrFNO/c1-2-12(13-6-4-3-5-7-13)11-20-17(21)15-10-14(18)8-9-16(15)19/h3-10,12H,2,11H2,1H3,(H,20,21). The van der Waals surface area contributed by atoms with Crippen LogP contribution in [-0.2, 0) is 0 Å². The van der Waals surface area contributed by atoms with Crippen LogP contribution in [0.25, 0.3) is 0 Å². The van der Waals surface area contributed by atoms with Crippen molar-refractivity contribution in [2.75, 3.05) is 6.54 Å². The normalized spacial score (nSPS) is 12.0. The number of nitrogens with one attached hydrogen (secondary N) is 1. The Morgan fingerprint density at radius 3 is 2.62 bits per heavy atom. The van der Waals surface area contributed by atoms with E-state index in [4.69, 9.17) is 0 Å². The molecule has 0 heterocycles. The lowest BCUT2D eigenvalue weighted by molar-refractivity contribution is 0.0947. The zero-order valence-corrected chi connectivity index (χ0v) is 13.4. The summed E-state index contributed by atoms with van der Waals surface area (Å²) < 4.78 is 14.4. The zero-order chi connectivity index (χ0) is 15.2. The van der Waals surface area contributed by atoms with Crippen LogP contribution in [-0.4, -0.2) is 12.5 Å². The minimum absolute atomic E-state index is 0.0623. The number of carbonyl (C=O) groups is 1. The second kappa shape index (κ2) is 7.36. The van der Waals surface area contributed by atoms with Crippen molar-refractivity contribution in [3.8, 4) is 0 Å². The predicted octanol–water partition coefficient (Wildman–Crippen LogP) is 4.51. The summed E-state index contributed by atoms with van der Waals surface area (Å²) in [4.78, 5) is 12.1. The number of hydrogen-bond acceptors (Lipinski definition) is 1. The molecule has 0 aromatic heterocycles. The number of carbonyl (C=O) groups excluding carboxylic acids is 1. The van der Waals surface area contributed by atoms with Crippen LogP contribution in [0.1, 0.15) is 35.2 Å². The third-order valence-electron chi connectivity index (χ3n) is 3.45. The van der Waals surface area contributed by atoms with Gasteiger partial charge in [0.05, 0.1) is 5.56 Å². The molecule has 4 heteroatoms. The summed E-state index contributed by atoms with van der Waals surface area (Å²) in [6, 6.07) is 14.4. The number of halogens is 2. The number of amides is 1. The van der Waals surface area contributed by atoms with E-state index in [0.717, 1.165) is 6.42 Å². The van der Waals surface area contributed by atoms with Gasteiger partial charge in [-0.15, -0.1) is 0 Å². The summed E-state index contributed by atoms with van der Waals surface area (Å²) in [5.41, 5.74) is 1.24. The molecular formula is C17H17BrFNO. The molecule has 0 aliphatic rings. The zero-order valence-electron chi connectivity index (χ0n) is 11.8. The number of rotatable bonds is 5. The van der Waals surface area contributed by atoms with Crippen molar-refractivity contribution in [2.24, 2.45) is 0 Å². The van der Waals surface area contributed by atoms with E-state index < -0.39 is 5.82 Å². The van der Waals surface area contributed by atoms with Gasteiger partial charge in [0, 0.05) is 16.9 Å². The molecule has 0 fully saturated rings. The van der Waals surface area contributed by atoms with E-state index in [0.29, 0.717) is 11.0 Å². The van der Waals surface area contributed by atoms with E-state index >= 15 is 0 Å². The molecule has 0 saturated heterocycles. The fourth-order valence-electron chi connectivity index (χ4n) is 2.21. The lowest BCUT2D eigenvalue weighted by Crippen LogP contribution is -2.29. The van der Waals surface area contributed by atoms with Gasteiger partial charge in [0.2, 0.25) is 0 Å². The molecule has 0 saturated carbocycles. The summed E-state index contributed by atoms with van der Waals surface area (Å²) in [6.07, 6.45) is 0.908. The van der Waals surface area contributed by atoms with Crippen LogP contribution in [0.5, 0.6) is 0 Å². The maximum Gasteiger partial charge on any atom is 0.254 e. The van der Waals surface area contributed by atoms with Crippen molar-refractivity contribution in [2.45, 2.75) is 19.3 Å². The molecule has 2 nitrogen and oxygen atoms in total. The highest BCUT2D eigenvalue weighted by molar-refractivity contribution is 9.10. The smallest absolute Gasteiger partial charge is 0.254 e. The van der Waals surface area contributed by atoms with Crippen LogP contribution in [0.2, 0.25) is 0 Å². The first kappa shape index (κ1) is 15.7. The van der Waals surface area contributed by atoms with Crippen LogP contribution < -0.4 is 5.32 Å². The minimum atomic E-state index is -0.511. The lowest BCUT2D eigenvalue weighted by atomic mass is 9.96. The first-order valence-electron chi connectivity index (χ1n) is 6.90. The number of hydrogen-bond donors (Lipinski definition) is 1. The van der Waals surface area contributed by atoms with E-state index in [-0.39, 0.29) is 17.4 Å². The Morgan fingerprint density at radius 2 is 1.95 bits per heavy atom. The molecule has 110 valence electrons. The molecule has 2 rings (SSSR count). The van der Waals surface area contributed by atoms with Crippen molar-refractivity contribution < 1.29 is 9.18 Å². The first-order valence-corrected chi connectivity index (χ1v) is 7.69. The topological polar surface area (TPSA) is 29.1 Å². The van der Waals surface area contributed by atoms with Crippen molar-refractivity contribution in [3.63, 3.8) is 0 Å². The van der Waals surface area contributed by atoms with Crippen LogP contribution in [0.4, 0.5) is 4.39 Å². The van der Waals surface area contributed by atoms with E-state index in [9.17, 15) is 9.18 Å². The fourth-order valence-corrected chi connectivity index (χ4v) is 2.57. The molecule has 1 atom stereocenters. The Morgan fingerprint density at radius 1 is 1.24 bits per heavy atom. The molecule has 0 aliphatic carbocycles. The molecule has 0 aliphatic heterocycles. The molecule has 1 N–H and O–H groups in total. The maximum atomic E-state index is 13.7. The van der Waals surface area contributed by atoms with E-state index in [1.165, 1.54) is 17.7 Å². The van der Waals surface area contributed by atoms with Crippen LogP contribution in [0.3, 0.4) is 0 Å². The van der Waals surface area contributed by atoms with Crippen molar-refractivity contribution in [1.82, 2.24) is 5.32 Å². The van der Waals surface area contributed by atoms with E-state index in [1.54, 1.807) is 6.07 Å². The Bertz CT molecular complexity index is 615. The van der Waals surface area contributed by atoms with Crippen LogP contribution in [0, 0.1) is 5.82 Å². The highest BCUT2D eigenvalue weighted by Gasteiger charge is 2.15. The van der Waals surface area contributed by atoms with Crippen LogP contribution in [0.15, 0.2) is 53.0 Å². The summed E-state index contributed by atoms with van der Waals surface area (Å²) in [6.45, 7) is 2.56. The molecule has 0 radical (unpaired) electrons. The van der Waals surface area contributed by atoms with Gasteiger partial charge in [-0.1, -0.05) is 53.2 Å². The van der Waals surface area contributed by atoms with Gasteiger partial charge < -0.3 is 5.32 Å². The second-order valence-corrected chi connectivity index (χ2v) is 5.77. The maximum absolute atomic E-state index is 13.7. The third-order valence-corrected chi connectivity index (χ3v) is 3.94. The van der Waals surface area contributed by atoms with Gasteiger partial charge in [0.25, 0.3) is 5.91 Å². The molecule has 21 heavy (non-hydrogen) atoms. The molecule has 0 bridgehead atoms. The van der Waals surface area contributed by atoms with Crippen LogP contribution >= 0.6 is 15.9 Å². The van der Waals surface area contributed by atoms with Gasteiger partial charge in [-0.2, -0.15) is 0 Å². The highest BCUT2D eigenvalue weighted by atomic mass is 79.9. The largest absolute Gasteiger partial charge is 0.351 e. The summed E-state index contributed by atoms with van der Waals surface area (Å²) in [7, 11) is 0. The SMILES string of the molecule is CCC(CNC(=O)c1cc(Br)ccc1F)c1ccccc1.